The Morgan fingerprint density at radius 2 is 1.83 bits per heavy atom. The maximum atomic E-state index is 12.5. The molecular weight excluding hydrogens is 382 g/mol. The maximum absolute atomic E-state index is 12.5. The molecule has 29 heavy (non-hydrogen) atoms. The molecule has 0 aliphatic carbocycles. The first-order valence-corrected chi connectivity index (χ1v) is 10.8. The molecule has 1 N–H and O–H groups in total. The predicted molar refractivity (Wildman–Crippen MR) is 115 cm³/mol. The van der Waals surface area contributed by atoms with E-state index in [1.54, 1.807) is 0 Å². The number of thiazole rings is 1. The Bertz CT molecular complexity index is 914. The first-order chi connectivity index (χ1) is 14.3. The molecule has 4 rings (SSSR count). The quantitative estimate of drug-likeness (QED) is 0.653. The minimum atomic E-state index is -0.135. The van der Waals surface area contributed by atoms with Crippen LogP contribution in [0.1, 0.15) is 26.6 Å². The van der Waals surface area contributed by atoms with Crippen molar-refractivity contribution in [3.63, 3.8) is 0 Å². The van der Waals surface area contributed by atoms with Gasteiger partial charge < -0.3 is 10.1 Å². The van der Waals surface area contributed by atoms with Gasteiger partial charge >= 0.3 is 0 Å². The Kier molecular flexibility index (Phi) is 6.67. The maximum Gasteiger partial charge on any atom is 0.270 e. The zero-order valence-electron chi connectivity index (χ0n) is 16.3. The molecule has 1 atom stereocenters. The molecular formula is C23H25N3O2S. The second kappa shape index (κ2) is 9.78. The van der Waals surface area contributed by atoms with Crippen LogP contribution in [0.15, 0.2) is 66.0 Å². The third-order valence-electron chi connectivity index (χ3n) is 4.94. The smallest absolute Gasteiger partial charge is 0.270 e. The van der Waals surface area contributed by atoms with Gasteiger partial charge in [-0.3, -0.25) is 9.69 Å². The lowest BCUT2D eigenvalue weighted by Gasteiger charge is -2.33. The van der Waals surface area contributed by atoms with E-state index >= 15 is 0 Å². The molecule has 1 saturated heterocycles. The van der Waals surface area contributed by atoms with Crippen LogP contribution < -0.4 is 5.32 Å². The second-order valence-corrected chi connectivity index (χ2v) is 8.16. The van der Waals surface area contributed by atoms with Crippen LogP contribution in [-0.4, -0.2) is 48.1 Å². The third-order valence-corrected chi connectivity index (χ3v) is 5.79. The molecule has 2 heterocycles. The average Bonchev–Trinajstić information content (AvgIpc) is 3.22. The van der Waals surface area contributed by atoms with Gasteiger partial charge in [0.15, 0.2) is 0 Å². The first kappa shape index (κ1) is 19.8. The second-order valence-electron chi connectivity index (χ2n) is 7.21. The normalized spacial score (nSPS) is 17.2. The van der Waals surface area contributed by atoms with Crippen LogP contribution in [0.5, 0.6) is 0 Å². The molecule has 1 aromatic heterocycles. The molecule has 1 aliphatic rings. The lowest BCUT2D eigenvalue weighted by Crippen LogP contribution is -2.47. The summed E-state index contributed by atoms with van der Waals surface area (Å²) in [4.78, 5) is 19.4. The minimum Gasteiger partial charge on any atom is -0.374 e. The Morgan fingerprint density at radius 3 is 2.59 bits per heavy atom. The number of nitrogens with zero attached hydrogens (tertiary/aromatic N) is 2. The number of rotatable bonds is 7. The largest absolute Gasteiger partial charge is 0.374 e. The molecule has 1 aliphatic heterocycles. The van der Waals surface area contributed by atoms with Gasteiger partial charge in [-0.1, -0.05) is 60.7 Å². The molecule has 3 aromatic rings. The highest BCUT2D eigenvalue weighted by atomic mass is 32.1. The van der Waals surface area contributed by atoms with Crippen molar-refractivity contribution in [1.29, 1.82) is 0 Å². The summed E-state index contributed by atoms with van der Waals surface area (Å²) in [5.41, 5.74) is 2.98. The summed E-state index contributed by atoms with van der Waals surface area (Å²) in [6, 6.07) is 20.6. The van der Waals surface area contributed by atoms with Gasteiger partial charge in [0.25, 0.3) is 5.91 Å². The van der Waals surface area contributed by atoms with Gasteiger partial charge in [0.2, 0.25) is 0 Å². The number of carbonyl (C=O) groups excluding carboxylic acids is 1. The summed E-state index contributed by atoms with van der Waals surface area (Å²) in [5, 5.41) is 5.76. The summed E-state index contributed by atoms with van der Waals surface area (Å²) < 4.78 is 5.84. The fraction of sp³-hybridized carbons (Fsp3) is 0.304. The zero-order chi connectivity index (χ0) is 19.9. The summed E-state index contributed by atoms with van der Waals surface area (Å²) in [6.45, 7) is 3.81. The van der Waals surface area contributed by atoms with Crippen LogP contribution in [0.4, 0.5) is 0 Å². The Labute approximate surface area is 175 Å². The molecule has 1 amide bonds. The van der Waals surface area contributed by atoms with Gasteiger partial charge in [-0.05, 0) is 11.1 Å². The van der Waals surface area contributed by atoms with Gasteiger partial charge in [0.1, 0.15) is 5.69 Å². The average molecular weight is 408 g/mol. The third kappa shape index (κ3) is 5.73. The van der Waals surface area contributed by atoms with Crippen molar-refractivity contribution in [3.05, 3.63) is 87.9 Å². The highest BCUT2D eigenvalue weighted by Crippen LogP contribution is 2.15. The summed E-state index contributed by atoms with van der Waals surface area (Å²) in [5.74, 6) is -0.135. The molecule has 150 valence electrons. The molecule has 0 spiro atoms. The monoisotopic (exact) mass is 407 g/mol. The Morgan fingerprint density at radius 1 is 1.10 bits per heavy atom. The molecule has 1 unspecified atom stereocenters. The summed E-state index contributed by atoms with van der Waals surface area (Å²) in [6.07, 6.45) is 0.748. The van der Waals surface area contributed by atoms with Crippen molar-refractivity contribution in [2.24, 2.45) is 0 Å². The number of amides is 1. The lowest BCUT2D eigenvalue weighted by atomic mass is 10.2. The predicted octanol–water partition coefficient (Wildman–Crippen LogP) is 3.36. The number of hydrogen-bond donors (Lipinski definition) is 1. The highest BCUT2D eigenvalue weighted by molar-refractivity contribution is 7.09. The molecule has 6 heteroatoms. The van der Waals surface area contributed by atoms with Crippen LogP contribution in [0.2, 0.25) is 0 Å². The van der Waals surface area contributed by atoms with Gasteiger partial charge in [0, 0.05) is 38.0 Å². The number of aromatic nitrogens is 1. The van der Waals surface area contributed by atoms with Crippen molar-refractivity contribution in [2.75, 3.05) is 26.2 Å². The van der Waals surface area contributed by atoms with E-state index < -0.39 is 0 Å². The topological polar surface area (TPSA) is 54.5 Å². The fourth-order valence-electron chi connectivity index (χ4n) is 3.45. The molecule has 0 radical (unpaired) electrons. The number of benzene rings is 2. The number of ether oxygens (including phenoxy) is 1. The van der Waals surface area contributed by atoms with Gasteiger partial charge in [-0.15, -0.1) is 11.3 Å². The van der Waals surface area contributed by atoms with E-state index in [4.69, 9.17) is 4.74 Å². The van der Waals surface area contributed by atoms with Crippen molar-refractivity contribution in [3.8, 4) is 0 Å². The standard InChI is InChI=1S/C23H25N3O2S/c27-23(21-17-29-22(25-21)13-18-7-3-1-4-8-18)24-14-20-16-26(11-12-28-20)15-19-9-5-2-6-10-19/h1-10,17,20H,11-16H2,(H,24,27). The van der Waals surface area contributed by atoms with Gasteiger partial charge in [-0.2, -0.15) is 0 Å². The van der Waals surface area contributed by atoms with E-state index in [0.29, 0.717) is 18.8 Å². The molecule has 0 saturated carbocycles. The van der Waals surface area contributed by atoms with E-state index in [0.717, 1.165) is 31.1 Å². The van der Waals surface area contributed by atoms with Crippen LogP contribution in [0.25, 0.3) is 0 Å². The molecule has 1 fully saturated rings. The van der Waals surface area contributed by atoms with Crippen molar-refractivity contribution < 1.29 is 9.53 Å². The number of hydrogen-bond acceptors (Lipinski definition) is 5. The summed E-state index contributed by atoms with van der Waals surface area (Å²) in [7, 11) is 0. The van der Waals surface area contributed by atoms with Gasteiger partial charge in [0.05, 0.1) is 17.7 Å². The van der Waals surface area contributed by atoms with E-state index in [-0.39, 0.29) is 12.0 Å². The Hall–Kier alpha value is -2.54. The minimum absolute atomic E-state index is 0.00108. The molecule has 0 bridgehead atoms. The van der Waals surface area contributed by atoms with Crippen molar-refractivity contribution in [1.82, 2.24) is 15.2 Å². The van der Waals surface area contributed by atoms with Crippen molar-refractivity contribution in [2.45, 2.75) is 19.1 Å². The van der Waals surface area contributed by atoms with E-state index in [9.17, 15) is 4.79 Å². The lowest BCUT2D eigenvalue weighted by molar-refractivity contribution is -0.0292. The fourth-order valence-corrected chi connectivity index (χ4v) is 4.26. The first-order valence-electron chi connectivity index (χ1n) is 9.90. The van der Waals surface area contributed by atoms with Crippen LogP contribution >= 0.6 is 11.3 Å². The number of morpholine rings is 1. The molecule has 2 aromatic carbocycles. The van der Waals surface area contributed by atoms with E-state index in [2.05, 4.69) is 51.6 Å². The van der Waals surface area contributed by atoms with E-state index in [1.807, 2.05) is 29.6 Å². The van der Waals surface area contributed by atoms with Crippen LogP contribution in [-0.2, 0) is 17.7 Å². The number of nitrogens with one attached hydrogen (secondary N) is 1. The van der Waals surface area contributed by atoms with E-state index in [1.165, 1.54) is 22.5 Å². The highest BCUT2D eigenvalue weighted by Gasteiger charge is 2.21. The zero-order valence-corrected chi connectivity index (χ0v) is 17.1. The molecule has 5 nitrogen and oxygen atoms in total. The summed E-state index contributed by atoms with van der Waals surface area (Å²) >= 11 is 1.52. The number of carbonyl (C=O) groups is 1. The van der Waals surface area contributed by atoms with Crippen LogP contribution in [0.3, 0.4) is 0 Å². The van der Waals surface area contributed by atoms with Gasteiger partial charge in [-0.25, -0.2) is 4.98 Å². The Balaban J connectivity index is 1.26. The van der Waals surface area contributed by atoms with Crippen molar-refractivity contribution >= 4 is 17.2 Å². The SMILES string of the molecule is O=C(NCC1CN(Cc2ccccc2)CCO1)c1csc(Cc2ccccc2)n1. The van der Waals surface area contributed by atoms with Crippen LogP contribution in [0, 0.1) is 0 Å².